The smallest absolute Gasteiger partial charge is 0.278 e. The van der Waals surface area contributed by atoms with Crippen molar-refractivity contribution in [1.29, 1.82) is 0 Å². The molecular formula is C21H18ClN5O2. The highest BCUT2D eigenvalue weighted by Crippen LogP contribution is 2.24. The van der Waals surface area contributed by atoms with Crippen LogP contribution in [0.4, 0.5) is 5.95 Å². The zero-order valence-electron chi connectivity index (χ0n) is 15.4. The molecule has 29 heavy (non-hydrogen) atoms. The molecule has 0 saturated heterocycles. The lowest BCUT2D eigenvalue weighted by atomic mass is 10.1. The maximum absolute atomic E-state index is 12.5. The minimum Gasteiger partial charge on any atom is -0.310 e. The van der Waals surface area contributed by atoms with Gasteiger partial charge < -0.3 is 4.57 Å². The number of hydrogen-bond acceptors (Lipinski definition) is 4. The van der Waals surface area contributed by atoms with E-state index in [2.05, 4.69) is 32.6 Å². The lowest BCUT2D eigenvalue weighted by molar-refractivity contribution is 0.102. The summed E-state index contributed by atoms with van der Waals surface area (Å²) in [6.45, 7) is 0.668. The number of fused-ring (bicyclic) bond motifs is 1. The molecule has 4 aromatic rings. The monoisotopic (exact) mass is 407 g/mol. The summed E-state index contributed by atoms with van der Waals surface area (Å²) < 4.78 is 1.96. The highest BCUT2D eigenvalue weighted by atomic mass is 35.5. The van der Waals surface area contributed by atoms with Gasteiger partial charge in [-0.15, -0.1) is 0 Å². The second-order valence-electron chi connectivity index (χ2n) is 6.57. The van der Waals surface area contributed by atoms with Crippen molar-refractivity contribution in [2.75, 3.05) is 5.32 Å². The molecule has 0 atom stereocenters. The molecule has 0 saturated carbocycles. The van der Waals surface area contributed by atoms with E-state index in [1.54, 1.807) is 12.1 Å². The molecule has 0 aliphatic carbocycles. The number of carbonyl (C=O) groups excluding carboxylic acids is 1. The standard InChI is InChI=1S/C21H18ClN5O2/c22-15-8-10-18-17(13-15)23-21(24-20(29)16-9-11-19(28)26-25-16)27(18)12-4-7-14-5-2-1-3-6-14/h1-3,5-6,8-11,13H,4,7,12H2,(H,26,28)(H,23,24,29). The van der Waals surface area contributed by atoms with Gasteiger partial charge in [0, 0.05) is 17.6 Å². The van der Waals surface area contributed by atoms with Gasteiger partial charge >= 0.3 is 0 Å². The maximum Gasteiger partial charge on any atom is 0.278 e. The lowest BCUT2D eigenvalue weighted by Crippen LogP contribution is -2.20. The molecule has 4 rings (SSSR count). The Kier molecular flexibility index (Phi) is 5.39. The molecule has 146 valence electrons. The molecule has 1 amide bonds. The molecule has 0 unspecified atom stereocenters. The number of aromatic amines is 1. The number of aromatic nitrogens is 4. The van der Waals surface area contributed by atoms with Crippen molar-refractivity contribution in [3.63, 3.8) is 0 Å². The molecule has 8 heteroatoms. The van der Waals surface area contributed by atoms with Crippen LogP contribution in [0.3, 0.4) is 0 Å². The summed E-state index contributed by atoms with van der Waals surface area (Å²) in [7, 11) is 0. The zero-order valence-corrected chi connectivity index (χ0v) is 16.2. The summed E-state index contributed by atoms with van der Waals surface area (Å²) in [5.41, 5.74) is 2.56. The van der Waals surface area contributed by atoms with Crippen LogP contribution in [-0.4, -0.2) is 25.7 Å². The molecule has 0 fully saturated rings. The first-order valence-corrected chi connectivity index (χ1v) is 9.55. The Morgan fingerprint density at radius 3 is 2.69 bits per heavy atom. The van der Waals surface area contributed by atoms with Crippen molar-refractivity contribution >= 4 is 34.5 Å². The van der Waals surface area contributed by atoms with E-state index in [-0.39, 0.29) is 11.3 Å². The summed E-state index contributed by atoms with van der Waals surface area (Å²) >= 11 is 6.10. The van der Waals surface area contributed by atoms with Gasteiger partial charge in [0.05, 0.1) is 11.0 Å². The maximum atomic E-state index is 12.5. The van der Waals surface area contributed by atoms with Crippen molar-refractivity contribution in [2.24, 2.45) is 0 Å². The zero-order chi connectivity index (χ0) is 20.2. The Morgan fingerprint density at radius 2 is 1.93 bits per heavy atom. The van der Waals surface area contributed by atoms with Crippen molar-refractivity contribution < 1.29 is 4.79 Å². The van der Waals surface area contributed by atoms with Crippen LogP contribution in [0.1, 0.15) is 22.5 Å². The number of benzene rings is 2. The number of nitrogens with zero attached hydrogens (tertiary/aromatic N) is 3. The Labute approximate surface area is 171 Å². The van der Waals surface area contributed by atoms with Crippen LogP contribution >= 0.6 is 11.6 Å². The van der Waals surface area contributed by atoms with Gasteiger partial charge in [-0.3, -0.25) is 14.9 Å². The number of imidazole rings is 1. The van der Waals surface area contributed by atoms with E-state index in [9.17, 15) is 9.59 Å². The van der Waals surface area contributed by atoms with Crippen molar-refractivity contribution in [3.8, 4) is 0 Å². The van der Waals surface area contributed by atoms with Gasteiger partial charge in [0.1, 0.15) is 5.69 Å². The third kappa shape index (κ3) is 4.35. The summed E-state index contributed by atoms with van der Waals surface area (Å²) in [4.78, 5) is 28.2. The molecule has 0 bridgehead atoms. The highest BCUT2D eigenvalue weighted by Gasteiger charge is 2.15. The van der Waals surface area contributed by atoms with Gasteiger partial charge in [0.25, 0.3) is 11.5 Å². The Bertz CT molecular complexity index is 1200. The fourth-order valence-corrected chi connectivity index (χ4v) is 3.31. The number of H-pyrrole nitrogens is 1. The van der Waals surface area contributed by atoms with Gasteiger partial charge in [0.2, 0.25) is 5.95 Å². The number of anilines is 1. The first-order valence-electron chi connectivity index (χ1n) is 9.17. The number of amides is 1. The Morgan fingerprint density at radius 1 is 1.10 bits per heavy atom. The van der Waals surface area contributed by atoms with E-state index < -0.39 is 5.91 Å². The lowest BCUT2D eigenvalue weighted by Gasteiger charge is -2.10. The van der Waals surface area contributed by atoms with Crippen molar-refractivity contribution in [3.05, 3.63) is 87.3 Å². The third-order valence-electron chi connectivity index (χ3n) is 4.54. The first kappa shape index (κ1) is 18.9. The predicted octanol–water partition coefficient (Wildman–Crippen LogP) is 3.66. The molecule has 0 aliphatic heterocycles. The fraction of sp³-hybridized carbons (Fsp3) is 0.143. The third-order valence-corrected chi connectivity index (χ3v) is 4.77. The summed E-state index contributed by atoms with van der Waals surface area (Å²) in [6, 6.07) is 18.3. The second kappa shape index (κ2) is 8.28. The van der Waals surface area contributed by atoms with Gasteiger partial charge in [-0.25, -0.2) is 10.1 Å². The molecule has 2 aromatic carbocycles. The average Bonchev–Trinajstić information content (AvgIpc) is 3.05. The quantitative estimate of drug-likeness (QED) is 0.510. The molecule has 0 radical (unpaired) electrons. The molecule has 2 N–H and O–H groups in total. The normalized spacial score (nSPS) is 10.9. The number of halogens is 1. The van der Waals surface area contributed by atoms with Crippen LogP contribution in [0.2, 0.25) is 5.02 Å². The second-order valence-corrected chi connectivity index (χ2v) is 7.01. The minimum absolute atomic E-state index is 0.102. The minimum atomic E-state index is -0.452. The first-order chi connectivity index (χ1) is 14.1. The molecule has 0 aliphatic rings. The van der Waals surface area contributed by atoms with E-state index in [4.69, 9.17) is 11.6 Å². The van der Waals surface area contributed by atoms with E-state index >= 15 is 0 Å². The van der Waals surface area contributed by atoms with Gasteiger partial charge in [-0.05, 0) is 42.7 Å². The topological polar surface area (TPSA) is 92.7 Å². The van der Waals surface area contributed by atoms with Gasteiger partial charge in [0.15, 0.2) is 0 Å². The number of hydrogen-bond donors (Lipinski definition) is 2. The summed E-state index contributed by atoms with van der Waals surface area (Å²) in [5.74, 6) is -0.0414. The Hall–Kier alpha value is -3.45. The number of aryl methyl sites for hydroxylation is 2. The van der Waals surface area contributed by atoms with Crippen LogP contribution < -0.4 is 10.9 Å². The number of rotatable bonds is 6. The number of carbonyl (C=O) groups is 1. The highest BCUT2D eigenvalue weighted by molar-refractivity contribution is 6.31. The van der Waals surface area contributed by atoms with E-state index in [1.807, 2.05) is 28.8 Å². The fourth-order valence-electron chi connectivity index (χ4n) is 3.15. The number of nitrogens with one attached hydrogen (secondary N) is 2. The largest absolute Gasteiger partial charge is 0.310 e. The van der Waals surface area contributed by atoms with E-state index in [1.165, 1.54) is 17.7 Å². The van der Waals surface area contributed by atoms with Crippen molar-refractivity contribution in [2.45, 2.75) is 19.4 Å². The van der Waals surface area contributed by atoms with Crippen LogP contribution in [0.25, 0.3) is 11.0 Å². The van der Waals surface area contributed by atoms with Gasteiger partial charge in [-0.1, -0.05) is 41.9 Å². The molecule has 2 aromatic heterocycles. The molecule has 7 nitrogen and oxygen atoms in total. The SMILES string of the molecule is O=C(Nc1nc2cc(Cl)ccc2n1CCCc1ccccc1)c1ccc(=O)[nH]n1. The predicted molar refractivity (Wildman–Crippen MR) is 112 cm³/mol. The summed E-state index contributed by atoms with van der Waals surface area (Å²) in [6.07, 6.45) is 1.78. The van der Waals surface area contributed by atoms with Gasteiger partial charge in [-0.2, -0.15) is 5.10 Å². The Balaban J connectivity index is 1.59. The van der Waals surface area contributed by atoms with E-state index in [0.717, 1.165) is 18.4 Å². The van der Waals surface area contributed by atoms with Crippen LogP contribution in [-0.2, 0) is 13.0 Å². The molecule has 2 heterocycles. The van der Waals surface area contributed by atoms with Crippen molar-refractivity contribution in [1.82, 2.24) is 19.7 Å². The molecular weight excluding hydrogens is 390 g/mol. The van der Waals surface area contributed by atoms with Crippen LogP contribution in [0.5, 0.6) is 0 Å². The molecule has 0 spiro atoms. The van der Waals surface area contributed by atoms with E-state index in [0.29, 0.717) is 23.0 Å². The summed E-state index contributed by atoms with van der Waals surface area (Å²) in [5, 5.41) is 9.39. The van der Waals surface area contributed by atoms with Crippen LogP contribution in [0.15, 0.2) is 65.5 Å². The average molecular weight is 408 g/mol. The van der Waals surface area contributed by atoms with Crippen LogP contribution in [0, 0.1) is 0 Å².